The lowest BCUT2D eigenvalue weighted by molar-refractivity contribution is 0.149. The Bertz CT molecular complexity index is 1410. The van der Waals surface area contributed by atoms with Gasteiger partial charge >= 0.3 is 17.1 Å². The second-order valence-electron chi connectivity index (χ2n) is 13.2. The second-order valence-corrected chi connectivity index (χ2v) is 13.2. The molecular formula is C33H48N6O6. The Kier molecular flexibility index (Phi) is 12.4. The topological polar surface area (TPSA) is 154 Å². The number of rotatable bonds is 12. The molecule has 246 valence electrons. The van der Waals surface area contributed by atoms with Crippen LogP contribution in [0.3, 0.4) is 0 Å². The van der Waals surface area contributed by atoms with Gasteiger partial charge in [-0.3, -0.25) is 0 Å². The summed E-state index contributed by atoms with van der Waals surface area (Å²) in [5.74, 6) is -0.464. The summed E-state index contributed by atoms with van der Waals surface area (Å²) in [6.07, 6.45) is 15.4. The fourth-order valence-corrected chi connectivity index (χ4v) is 8.79. The van der Waals surface area contributed by atoms with Crippen molar-refractivity contribution in [3.8, 4) is 0 Å². The average Bonchev–Trinajstić information content (AvgIpc) is 3.05. The number of hydrogen-bond donors (Lipinski definition) is 0. The number of carbonyl (C=O) groups excluding carboxylic acids is 3. The zero-order chi connectivity index (χ0) is 32.5. The highest BCUT2D eigenvalue weighted by Crippen LogP contribution is 2.40. The molecule has 0 spiro atoms. The van der Waals surface area contributed by atoms with Crippen LogP contribution in [-0.4, -0.2) is 50.1 Å². The van der Waals surface area contributed by atoms with Crippen LogP contribution in [0.25, 0.3) is 0 Å². The van der Waals surface area contributed by atoms with E-state index in [0.717, 1.165) is 38.5 Å². The molecule has 0 aliphatic heterocycles. The largest absolute Gasteiger partial charge is 0.336 e. The van der Waals surface area contributed by atoms with Crippen molar-refractivity contribution >= 4 is 18.2 Å². The lowest BCUT2D eigenvalue weighted by Crippen LogP contribution is -2.60. The highest BCUT2D eigenvalue weighted by atomic mass is 16.2. The molecule has 12 heteroatoms. The summed E-state index contributed by atoms with van der Waals surface area (Å²) in [6.45, 7) is 5.81. The van der Waals surface area contributed by atoms with E-state index >= 15 is 0 Å². The molecule has 4 rings (SSSR count). The van der Waals surface area contributed by atoms with Gasteiger partial charge in [-0.2, -0.15) is 0 Å². The normalized spacial score (nSPS) is 28.9. The van der Waals surface area contributed by atoms with Crippen molar-refractivity contribution in [2.24, 2.45) is 32.7 Å². The number of hydrogen-bond acceptors (Lipinski definition) is 9. The maximum Gasteiger partial charge on any atom is 0.336 e. The van der Waals surface area contributed by atoms with Crippen LogP contribution in [-0.2, 0) is 14.4 Å². The SMILES string of the molecule is CCC(N=C=O)C1CCCC(n2c(=O)n(C3CCCCC3C(CC)N=C=O)c(=O)n(C3CCCCC3C(CC)N=C=O)c2=O)C1. The monoisotopic (exact) mass is 624 g/mol. The zero-order valence-corrected chi connectivity index (χ0v) is 26.9. The lowest BCUT2D eigenvalue weighted by atomic mass is 9.78. The fraction of sp³-hybridized carbons (Fsp3) is 0.818. The molecule has 0 bridgehead atoms. The number of isocyanates is 3. The molecule has 0 radical (unpaired) electrons. The Hall–Kier alpha value is -3.45. The smallest absolute Gasteiger partial charge is 0.247 e. The minimum absolute atomic E-state index is 0.00186. The molecule has 0 N–H and O–H groups in total. The molecule has 9 atom stereocenters. The van der Waals surface area contributed by atoms with Gasteiger partial charge < -0.3 is 0 Å². The van der Waals surface area contributed by atoms with Crippen LogP contribution < -0.4 is 17.1 Å². The Morgan fingerprint density at radius 3 is 1.44 bits per heavy atom. The van der Waals surface area contributed by atoms with Gasteiger partial charge in [0.25, 0.3) is 0 Å². The van der Waals surface area contributed by atoms with Crippen molar-refractivity contribution in [1.29, 1.82) is 0 Å². The van der Waals surface area contributed by atoms with Crippen LogP contribution in [0.2, 0.25) is 0 Å². The molecule has 1 aromatic heterocycles. The molecule has 3 aliphatic rings. The maximum atomic E-state index is 14.6. The number of aliphatic imine (C=N–C) groups is 3. The van der Waals surface area contributed by atoms with E-state index in [1.54, 1.807) is 18.2 Å². The Balaban J connectivity index is 1.97. The van der Waals surface area contributed by atoms with Gasteiger partial charge in [0.15, 0.2) is 0 Å². The Labute approximate surface area is 263 Å². The van der Waals surface area contributed by atoms with Gasteiger partial charge in [0.1, 0.15) is 0 Å². The van der Waals surface area contributed by atoms with Crippen LogP contribution in [0.4, 0.5) is 0 Å². The Morgan fingerprint density at radius 2 is 1.00 bits per heavy atom. The summed E-state index contributed by atoms with van der Waals surface area (Å²) in [7, 11) is 0. The van der Waals surface area contributed by atoms with Gasteiger partial charge in [-0.15, -0.1) is 0 Å². The highest BCUT2D eigenvalue weighted by Gasteiger charge is 2.40. The third-order valence-corrected chi connectivity index (χ3v) is 11.0. The summed E-state index contributed by atoms with van der Waals surface area (Å²) < 4.78 is 3.90. The summed E-state index contributed by atoms with van der Waals surface area (Å²) >= 11 is 0. The van der Waals surface area contributed by atoms with E-state index in [0.29, 0.717) is 57.8 Å². The third-order valence-electron chi connectivity index (χ3n) is 11.0. The number of nitrogens with zero attached hydrogens (tertiary/aromatic N) is 6. The molecule has 3 aliphatic carbocycles. The molecule has 1 heterocycles. The van der Waals surface area contributed by atoms with E-state index in [1.165, 1.54) is 13.7 Å². The van der Waals surface area contributed by atoms with Crippen molar-refractivity contribution in [1.82, 2.24) is 13.7 Å². The van der Waals surface area contributed by atoms with E-state index < -0.39 is 47.3 Å². The standard InChI is InChI=1S/C33H48N6O6/c1-4-26(34-19-40)22-12-11-13-23(18-22)37-31(43)38(29-16-9-7-14-24(29)27(5-2)35-20-41)33(45)39(32(37)44)30-17-10-8-15-25(30)28(6-3)36-21-42/h22-30H,4-18H2,1-3H3. The molecule has 12 nitrogen and oxygen atoms in total. The van der Waals surface area contributed by atoms with Crippen molar-refractivity contribution in [2.75, 3.05) is 0 Å². The van der Waals surface area contributed by atoms with E-state index in [2.05, 4.69) is 15.0 Å². The van der Waals surface area contributed by atoms with Gasteiger partial charge in [0, 0.05) is 30.0 Å². The summed E-state index contributed by atoms with van der Waals surface area (Å²) in [5.41, 5.74) is -1.87. The molecule has 0 saturated heterocycles. The first-order chi connectivity index (χ1) is 21.9. The van der Waals surface area contributed by atoms with Crippen molar-refractivity contribution < 1.29 is 14.4 Å². The predicted octanol–water partition coefficient (Wildman–Crippen LogP) is 4.71. The quantitative estimate of drug-likeness (QED) is 0.242. The maximum absolute atomic E-state index is 14.6. The van der Waals surface area contributed by atoms with Crippen molar-refractivity contribution in [2.45, 2.75) is 153 Å². The molecule has 3 saturated carbocycles. The summed E-state index contributed by atoms with van der Waals surface area (Å²) in [5, 5.41) is 0. The van der Waals surface area contributed by atoms with E-state index in [9.17, 15) is 28.8 Å². The first-order valence-electron chi connectivity index (χ1n) is 17.1. The van der Waals surface area contributed by atoms with Crippen LogP contribution in [0.5, 0.6) is 0 Å². The van der Waals surface area contributed by atoms with Gasteiger partial charge in [-0.05, 0) is 70.1 Å². The van der Waals surface area contributed by atoms with Crippen LogP contribution in [0, 0.1) is 17.8 Å². The molecule has 1 aromatic rings. The molecule has 9 unspecified atom stereocenters. The highest BCUT2D eigenvalue weighted by molar-refractivity contribution is 5.34. The lowest BCUT2D eigenvalue weighted by Gasteiger charge is -2.39. The predicted molar refractivity (Wildman–Crippen MR) is 169 cm³/mol. The molecule has 0 amide bonds. The first kappa shape index (κ1) is 34.4. The van der Waals surface area contributed by atoms with Gasteiger partial charge in [0.2, 0.25) is 18.2 Å². The molecule has 45 heavy (non-hydrogen) atoms. The van der Waals surface area contributed by atoms with Crippen LogP contribution in [0.15, 0.2) is 29.4 Å². The summed E-state index contributed by atoms with van der Waals surface area (Å²) in [6, 6.07) is -2.57. The fourth-order valence-electron chi connectivity index (χ4n) is 8.79. The average molecular weight is 625 g/mol. The van der Waals surface area contributed by atoms with Crippen molar-refractivity contribution in [3.63, 3.8) is 0 Å². The summed E-state index contributed by atoms with van der Waals surface area (Å²) in [4.78, 5) is 89.8. The number of aromatic nitrogens is 3. The molecule has 3 fully saturated rings. The third kappa shape index (κ3) is 7.19. The molecular weight excluding hydrogens is 576 g/mol. The van der Waals surface area contributed by atoms with E-state index in [-0.39, 0.29) is 23.8 Å². The molecule has 0 aromatic carbocycles. The van der Waals surface area contributed by atoms with E-state index in [4.69, 9.17) is 0 Å². The minimum Gasteiger partial charge on any atom is -0.247 e. The van der Waals surface area contributed by atoms with Crippen molar-refractivity contribution in [3.05, 3.63) is 31.5 Å². The van der Waals surface area contributed by atoms with Gasteiger partial charge in [-0.1, -0.05) is 52.9 Å². The second kappa shape index (κ2) is 16.2. The van der Waals surface area contributed by atoms with Gasteiger partial charge in [-0.25, -0.2) is 57.4 Å². The van der Waals surface area contributed by atoms with Gasteiger partial charge in [0.05, 0.1) is 18.1 Å². The Morgan fingerprint density at radius 1 is 0.578 bits per heavy atom. The van der Waals surface area contributed by atoms with Crippen LogP contribution in [0.1, 0.15) is 135 Å². The van der Waals surface area contributed by atoms with E-state index in [1.807, 2.05) is 20.8 Å². The first-order valence-corrected chi connectivity index (χ1v) is 17.1. The minimum atomic E-state index is -0.630. The zero-order valence-electron chi connectivity index (χ0n) is 26.9. The van der Waals surface area contributed by atoms with Crippen LogP contribution >= 0.6 is 0 Å².